The molecule has 0 atom stereocenters. The SMILES string of the molecule is Cc1cccc(CNC(=O)C(=O)NCc2ccc(F)cc2)c1. The van der Waals surface area contributed by atoms with E-state index >= 15 is 0 Å². The molecule has 0 aliphatic heterocycles. The highest BCUT2D eigenvalue weighted by molar-refractivity contribution is 6.35. The van der Waals surface area contributed by atoms with Crippen molar-refractivity contribution in [2.24, 2.45) is 0 Å². The highest BCUT2D eigenvalue weighted by Gasteiger charge is 2.12. The number of benzene rings is 2. The summed E-state index contributed by atoms with van der Waals surface area (Å²) >= 11 is 0. The lowest BCUT2D eigenvalue weighted by Gasteiger charge is -2.07. The van der Waals surface area contributed by atoms with E-state index in [2.05, 4.69) is 10.6 Å². The molecule has 5 heteroatoms. The average molecular weight is 300 g/mol. The molecule has 2 aromatic rings. The van der Waals surface area contributed by atoms with Gasteiger partial charge in [0.1, 0.15) is 5.82 Å². The van der Waals surface area contributed by atoms with Crippen LogP contribution in [0.4, 0.5) is 4.39 Å². The van der Waals surface area contributed by atoms with Gasteiger partial charge < -0.3 is 10.6 Å². The molecule has 0 fully saturated rings. The molecule has 0 bridgehead atoms. The number of halogens is 1. The first-order valence-electron chi connectivity index (χ1n) is 6.90. The van der Waals surface area contributed by atoms with Gasteiger partial charge in [-0.3, -0.25) is 9.59 Å². The smallest absolute Gasteiger partial charge is 0.309 e. The fraction of sp³-hybridized carbons (Fsp3) is 0.176. The van der Waals surface area contributed by atoms with Crippen molar-refractivity contribution in [1.29, 1.82) is 0 Å². The number of amides is 2. The zero-order chi connectivity index (χ0) is 15.9. The number of rotatable bonds is 4. The second-order valence-corrected chi connectivity index (χ2v) is 4.98. The fourth-order valence-electron chi connectivity index (χ4n) is 1.95. The maximum atomic E-state index is 12.8. The molecule has 22 heavy (non-hydrogen) atoms. The number of hydrogen-bond acceptors (Lipinski definition) is 2. The molecule has 0 saturated heterocycles. The van der Waals surface area contributed by atoms with E-state index in [4.69, 9.17) is 0 Å². The molecule has 4 nitrogen and oxygen atoms in total. The molecular formula is C17H17FN2O2. The summed E-state index contributed by atoms with van der Waals surface area (Å²) in [7, 11) is 0. The van der Waals surface area contributed by atoms with Gasteiger partial charge in [0.25, 0.3) is 0 Å². The van der Waals surface area contributed by atoms with Crippen LogP contribution >= 0.6 is 0 Å². The van der Waals surface area contributed by atoms with Gasteiger partial charge in [-0.1, -0.05) is 42.0 Å². The Morgan fingerprint density at radius 3 is 2.09 bits per heavy atom. The maximum Gasteiger partial charge on any atom is 0.309 e. The third-order valence-corrected chi connectivity index (χ3v) is 3.11. The number of aryl methyl sites for hydroxylation is 1. The third-order valence-electron chi connectivity index (χ3n) is 3.11. The summed E-state index contributed by atoms with van der Waals surface area (Å²) in [5.41, 5.74) is 2.74. The van der Waals surface area contributed by atoms with Crippen molar-refractivity contribution in [2.75, 3.05) is 0 Å². The minimum atomic E-state index is -0.711. The fourth-order valence-corrected chi connectivity index (χ4v) is 1.95. The topological polar surface area (TPSA) is 58.2 Å². The Morgan fingerprint density at radius 2 is 1.50 bits per heavy atom. The highest BCUT2D eigenvalue weighted by atomic mass is 19.1. The monoisotopic (exact) mass is 300 g/mol. The molecule has 0 saturated carbocycles. The lowest BCUT2D eigenvalue weighted by Crippen LogP contribution is -2.39. The van der Waals surface area contributed by atoms with Gasteiger partial charge in [-0.2, -0.15) is 0 Å². The molecule has 2 amide bonds. The van der Waals surface area contributed by atoms with E-state index in [1.54, 1.807) is 12.1 Å². The van der Waals surface area contributed by atoms with Crippen LogP contribution in [0.3, 0.4) is 0 Å². The zero-order valence-corrected chi connectivity index (χ0v) is 12.2. The van der Waals surface area contributed by atoms with Gasteiger partial charge in [-0.25, -0.2) is 4.39 Å². The molecule has 0 aromatic heterocycles. The Morgan fingerprint density at radius 1 is 0.909 bits per heavy atom. The zero-order valence-electron chi connectivity index (χ0n) is 12.2. The molecule has 0 unspecified atom stereocenters. The Balaban J connectivity index is 1.79. The first kappa shape index (κ1) is 15.7. The van der Waals surface area contributed by atoms with Crippen molar-refractivity contribution >= 4 is 11.8 Å². The van der Waals surface area contributed by atoms with Crippen molar-refractivity contribution in [3.05, 3.63) is 71.0 Å². The van der Waals surface area contributed by atoms with E-state index < -0.39 is 11.8 Å². The van der Waals surface area contributed by atoms with Crippen LogP contribution in [0.25, 0.3) is 0 Å². The van der Waals surface area contributed by atoms with Gasteiger partial charge in [0.2, 0.25) is 0 Å². The van der Waals surface area contributed by atoms with Gasteiger partial charge in [0, 0.05) is 13.1 Å². The molecule has 0 spiro atoms. The number of nitrogens with one attached hydrogen (secondary N) is 2. The van der Waals surface area contributed by atoms with E-state index in [1.807, 2.05) is 31.2 Å². The Kier molecular flexibility index (Phi) is 5.25. The van der Waals surface area contributed by atoms with Crippen LogP contribution in [0.2, 0.25) is 0 Å². The molecule has 0 aliphatic rings. The summed E-state index contributed by atoms with van der Waals surface area (Å²) in [6.45, 7) is 2.43. The van der Waals surface area contributed by atoms with Crippen LogP contribution in [0.5, 0.6) is 0 Å². The first-order valence-corrected chi connectivity index (χ1v) is 6.90. The van der Waals surface area contributed by atoms with Gasteiger partial charge >= 0.3 is 11.8 Å². The van der Waals surface area contributed by atoms with E-state index in [1.165, 1.54) is 12.1 Å². The summed E-state index contributed by atoms with van der Waals surface area (Å²) in [4.78, 5) is 23.4. The summed E-state index contributed by atoms with van der Waals surface area (Å²) in [6.07, 6.45) is 0. The highest BCUT2D eigenvalue weighted by Crippen LogP contribution is 2.03. The van der Waals surface area contributed by atoms with E-state index in [9.17, 15) is 14.0 Å². The lowest BCUT2D eigenvalue weighted by molar-refractivity contribution is -0.139. The summed E-state index contributed by atoms with van der Waals surface area (Å²) in [6, 6.07) is 13.4. The maximum absolute atomic E-state index is 12.8. The van der Waals surface area contributed by atoms with Crippen LogP contribution in [-0.4, -0.2) is 11.8 Å². The number of carbonyl (C=O) groups is 2. The van der Waals surface area contributed by atoms with Gasteiger partial charge in [-0.15, -0.1) is 0 Å². The van der Waals surface area contributed by atoms with Crippen molar-refractivity contribution in [3.8, 4) is 0 Å². The van der Waals surface area contributed by atoms with Crippen LogP contribution in [0.15, 0.2) is 48.5 Å². The van der Waals surface area contributed by atoms with Gasteiger partial charge in [0.05, 0.1) is 0 Å². The van der Waals surface area contributed by atoms with Crippen LogP contribution in [0, 0.1) is 12.7 Å². The number of hydrogen-bond donors (Lipinski definition) is 2. The molecule has 2 rings (SSSR count). The van der Waals surface area contributed by atoms with Crippen LogP contribution in [0.1, 0.15) is 16.7 Å². The quantitative estimate of drug-likeness (QED) is 0.849. The molecule has 2 aromatic carbocycles. The predicted molar refractivity (Wildman–Crippen MR) is 81.3 cm³/mol. The molecular weight excluding hydrogens is 283 g/mol. The largest absolute Gasteiger partial charge is 0.344 e. The van der Waals surface area contributed by atoms with Crippen LogP contribution < -0.4 is 10.6 Å². The van der Waals surface area contributed by atoms with E-state index in [0.717, 1.165) is 16.7 Å². The van der Waals surface area contributed by atoms with Crippen molar-refractivity contribution in [2.45, 2.75) is 20.0 Å². The number of carbonyl (C=O) groups excluding carboxylic acids is 2. The van der Waals surface area contributed by atoms with Crippen LogP contribution in [-0.2, 0) is 22.7 Å². The molecule has 0 aliphatic carbocycles. The minimum Gasteiger partial charge on any atom is -0.344 e. The van der Waals surface area contributed by atoms with Gasteiger partial charge in [0.15, 0.2) is 0 Å². The minimum absolute atomic E-state index is 0.178. The normalized spacial score (nSPS) is 10.1. The third kappa shape index (κ3) is 4.70. The second kappa shape index (κ2) is 7.36. The Labute approximate surface area is 128 Å². The molecule has 0 radical (unpaired) electrons. The lowest BCUT2D eigenvalue weighted by atomic mass is 10.1. The Bertz CT molecular complexity index is 669. The summed E-state index contributed by atoms with van der Waals surface area (Å²) < 4.78 is 12.8. The Hall–Kier alpha value is -2.69. The first-order chi connectivity index (χ1) is 10.5. The average Bonchev–Trinajstić information content (AvgIpc) is 2.52. The second-order valence-electron chi connectivity index (χ2n) is 4.98. The van der Waals surface area contributed by atoms with Crippen molar-refractivity contribution < 1.29 is 14.0 Å². The summed E-state index contributed by atoms with van der Waals surface area (Å²) in [5, 5.41) is 5.05. The molecule has 2 N–H and O–H groups in total. The van der Waals surface area contributed by atoms with E-state index in [-0.39, 0.29) is 12.4 Å². The molecule has 114 valence electrons. The summed E-state index contributed by atoms with van der Waals surface area (Å²) in [5.74, 6) is -1.74. The standard InChI is InChI=1S/C17H17FN2O2/c1-12-3-2-4-14(9-12)11-20-17(22)16(21)19-10-13-5-7-15(18)8-6-13/h2-9H,10-11H2,1H3,(H,19,21)(H,20,22). The van der Waals surface area contributed by atoms with E-state index in [0.29, 0.717) is 6.54 Å². The van der Waals surface area contributed by atoms with Crippen molar-refractivity contribution in [1.82, 2.24) is 10.6 Å². The van der Waals surface area contributed by atoms with Gasteiger partial charge in [-0.05, 0) is 30.2 Å². The predicted octanol–water partition coefficient (Wildman–Crippen LogP) is 2.07. The molecule has 0 heterocycles. The van der Waals surface area contributed by atoms with Crippen molar-refractivity contribution in [3.63, 3.8) is 0 Å².